The Morgan fingerprint density at radius 1 is 1.44 bits per heavy atom. The van der Waals surface area contributed by atoms with Crippen molar-refractivity contribution in [1.82, 2.24) is 5.32 Å². The number of aliphatic hydroxyl groups excluding tert-OH is 1. The van der Waals surface area contributed by atoms with Gasteiger partial charge in [0, 0.05) is 19.4 Å². The predicted octanol–water partition coefficient (Wildman–Crippen LogP) is -0.727. The highest BCUT2D eigenvalue weighted by molar-refractivity contribution is 7.90. The number of carbonyl (C=O) groups excluding carboxylic acids is 1. The molecule has 0 bridgehead atoms. The zero-order chi connectivity index (χ0) is 14.4. The molecule has 6 nitrogen and oxygen atoms in total. The number of nitrogens with two attached hydrogens (primary N) is 1. The fourth-order valence-electron chi connectivity index (χ4n) is 1.32. The lowest BCUT2D eigenvalue weighted by molar-refractivity contribution is -0.122. The number of nitrogens with one attached hydrogen (secondary N) is 1. The summed E-state index contributed by atoms with van der Waals surface area (Å²) in [5, 5.41) is 11.5. The molecule has 0 heterocycles. The number of sulfone groups is 1. The maximum absolute atomic E-state index is 11.6. The van der Waals surface area contributed by atoms with Gasteiger partial charge in [0.1, 0.15) is 9.84 Å². The summed E-state index contributed by atoms with van der Waals surface area (Å²) in [4.78, 5) is 11.6. The largest absolute Gasteiger partial charge is 0.396 e. The molecule has 1 atom stereocenters. The Morgan fingerprint density at radius 2 is 2.00 bits per heavy atom. The van der Waals surface area contributed by atoms with Crippen molar-refractivity contribution in [3.63, 3.8) is 0 Å². The van der Waals surface area contributed by atoms with Crippen molar-refractivity contribution in [2.45, 2.75) is 32.7 Å². The van der Waals surface area contributed by atoms with Crippen LogP contribution in [-0.2, 0) is 14.6 Å². The number of carbonyl (C=O) groups is 1. The third-order valence-electron chi connectivity index (χ3n) is 2.67. The van der Waals surface area contributed by atoms with Crippen LogP contribution < -0.4 is 11.1 Å². The molecule has 1 unspecified atom stereocenters. The van der Waals surface area contributed by atoms with Gasteiger partial charge in [0.15, 0.2) is 0 Å². The first-order valence-corrected chi connectivity index (χ1v) is 7.95. The zero-order valence-electron chi connectivity index (χ0n) is 11.3. The Bertz CT molecular complexity index is 365. The van der Waals surface area contributed by atoms with Gasteiger partial charge in [0.25, 0.3) is 0 Å². The van der Waals surface area contributed by atoms with Crippen LogP contribution in [0.15, 0.2) is 0 Å². The molecule has 0 aromatic rings. The molecule has 0 radical (unpaired) electrons. The maximum Gasteiger partial charge on any atom is 0.236 e. The molecule has 0 spiro atoms. The smallest absolute Gasteiger partial charge is 0.236 e. The Balaban J connectivity index is 4.09. The average molecular weight is 280 g/mol. The second kappa shape index (κ2) is 7.06. The molecule has 0 rings (SSSR count). The summed E-state index contributed by atoms with van der Waals surface area (Å²) in [6.07, 6.45) is 1.80. The number of hydrogen-bond acceptors (Lipinski definition) is 5. The molecular weight excluding hydrogens is 256 g/mol. The first kappa shape index (κ1) is 17.3. The van der Waals surface area contributed by atoms with E-state index in [1.165, 1.54) is 0 Å². The van der Waals surface area contributed by atoms with E-state index in [0.717, 1.165) is 6.26 Å². The van der Waals surface area contributed by atoms with E-state index in [1.54, 1.807) is 0 Å². The van der Waals surface area contributed by atoms with Crippen LogP contribution in [0.25, 0.3) is 0 Å². The summed E-state index contributed by atoms with van der Waals surface area (Å²) in [6.45, 7) is 4.30. The van der Waals surface area contributed by atoms with Gasteiger partial charge in [-0.2, -0.15) is 0 Å². The third kappa shape index (κ3) is 8.43. The van der Waals surface area contributed by atoms with Crippen molar-refractivity contribution in [2.24, 2.45) is 11.1 Å². The van der Waals surface area contributed by atoms with Crippen molar-refractivity contribution in [1.29, 1.82) is 0 Å². The Kier molecular flexibility index (Phi) is 6.80. The fraction of sp³-hybridized carbons (Fsp3) is 0.909. The molecule has 108 valence electrons. The van der Waals surface area contributed by atoms with Gasteiger partial charge in [-0.25, -0.2) is 8.42 Å². The molecule has 4 N–H and O–H groups in total. The monoisotopic (exact) mass is 280 g/mol. The topological polar surface area (TPSA) is 109 Å². The predicted molar refractivity (Wildman–Crippen MR) is 70.8 cm³/mol. The van der Waals surface area contributed by atoms with Gasteiger partial charge in [-0.05, 0) is 18.3 Å². The average Bonchev–Trinajstić information content (AvgIpc) is 2.21. The van der Waals surface area contributed by atoms with Gasteiger partial charge in [-0.1, -0.05) is 13.8 Å². The first-order chi connectivity index (χ1) is 8.07. The summed E-state index contributed by atoms with van der Waals surface area (Å²) in [7, 11) is -3.10. The molecule has 0 aliphatic heterocycles. The maximum atomic E-state index is 11.6. The van der Waals surface area contributed by atoms with Gasteiger partial charge in [-0.15, -0.1) is 0 Å². The van der Waals surface area contributed by atoms with E-state index in [2.05, 4.69) is 5.32 Å². The SMILES string of the molecule is CC(C)(CCO)CNC(=O)C(N)CCS(C)(=O)=O. The molecule has 0 fully saturated rings. The quantitative estimate of drug-likeness (QED) is 0.543. The lowest BCUT2D eigenvalue weighted by Gasteiger charge is -2.24. The molecule has 0 aliphatic rings. The van der Waals surface area contributed by atoms with Crippen molar-refractivity contribution in [2.75, 3.05) is 25.2 Å². The highest BCUT2D eigenvalue weighted by Gasteiger charge is 2.21. The summed E-state index contributed by atoms with van der Waals surface area (Å²) < 4.78 is 21.9. The first-order valence-electron chi connectivity index (χ1n) is 5.89. The molecule has 0 saturated carbocycles. The number of aliphatic hydroxyl groups is 1. The van der Waals surface area contributed by atoms with Crippen LogP contribution in [0.1, 0.15) is 26.7 Å². The van der Waals surface area contributed by atoms with Crippen molar-refractivity contribution in [3.05, 3.63) is 0 Å². The Morgan fingerprint density at radius 3 is 2.44 bits per heavy atom. The molecule has 18 heavy (non-hydrogen) atoms. The van der Waals surface area contributed by atoms with Gasteiger partial charge in [0.05, 0.1) is 11.8 Å². The van der Waals surface area contributed by atoms with Crippen LogP contribution in [0.5, 0.6) is 0 Å². The molecule has 0 aromatic carbocycles. The van der Waals surface area contributed by atoms with E-state index in [9.17, 15) is 13.2 Å². The zero-order valence-corrected chi connectivity index (χ0v) is 12.1. The van der Waals surface area contributed by atoms with Crippen LogP contribution in [-0.4, -0.2) is 50.6 Å². The highest BCUT2D eigenvalue weighted by Crippen LogP contribution is 2.17. The normalized spacial score (nSPS) is 14.3. The van der Waals surface area contributed by atoms with Crippen LogP contribution in [0.3, 0.4) is 0 Å². The van der Waals surface area contributed by atoms with Crippen molar-refractivity contribution in [3.8, 4) is 0 Å². The number of amides is 1. The lowest BCUT2D eigenvalue weighted by atomic mass is 9.89. The Hall–Kier alpha value is -0.660. The van der Waals surface area contributed by atoms with E-state index in [-0.39, 0.29) is 30.1 Å². The van der Waals surface area contributed by atoms with E-state index >= 15 is 0 Å². The second-order valence-corrected chi connectivity index (χ2v) is 7.64. The molecule has 1 amide bonds. The van der Waals surface area contributed by atoms with Gasteiger partial charge >= 0.3 is 0 Å². The minimum Gasteiger partial charge on any atom is -0.396 e. The van der Waals surface area contributed by atoms with E-state index in [4.69, 9.17) is 10.8 Å². The van der Waals surface area contributed by atoms with Crippen LogP contribution >= 0.6 is 0 Å². The summed E-state index contributed by atoms with van der Waals surface area (Å²) >= 11 is 0. The summed E-state index contributed by atoms with van der Waals surface area (Å²) in [5.41, 5.74) is 5.39. The van der Waals surface area contributed by atoms with E-state index in [1.807, 2.05) is 13.8 Å². The fourth-order valence-corrected chi connectivity index (χ4v) is 2.00. The molecule has 0 aromatic heterocycles. The van der Waals surface area contributed by atoms with Gasteiger partial charge in [0.2, 0.25) is 5.91 Å². The minimum atomic E-state index is -3.10. The van der Waals surface area contributed by atoms with Crippen molar-refractivity contribution >= 4 is 15.7 Å². The molecular formula is C11H24N2O4S. The summed E-state index contributed by atoms with van der Waals surface area (Å²) in [5.74, 6) is -0.452. The highest BCUT2D eigenvalue weighted by atomic mass is 32.2. The molecule has 0 saturated heterocycles. The number of rotatable bonds is 8. The second-order valence-electron chi connectivity index (χ2n) is 5.38. The minimum absolute atomic E-state index is 0.0585. The summed E-state index contributed by atoms with van der Waals surface area (Å²) in [6, 6.07) is -0.815. The van der Waals surface area contributed by atoms with E-state index in [0.29, 0.717) is 13.0 Å². The van der Waals surface area contributed by atoms with E-state index < -0.39 is 15.9 Å². The van der Waals surface area contributed by atoms with Crippen LogP contribution in [0.2, 0.25) is 0 Å². The number of hydrogen-bond donors (Lipinski definition) is 3. The standard InChI is InChI=1S/C11H24N2O4S/c1-11(2,5-6-14)8-13-10(15)9(12)4-7-18(3,16)17/h9,14H,4-8,12H2,1-3H3,(H,13,15). The Labute approximate surface area is 109 Å². The van der Waals surface area contributed by atoms with Crippen LogP contribution in [0.4, 0.5) is 0 Å². The van der Waals surface area contributed by atoms with Crippen LogP contribution in [0, 0.1) is 5.41 Å². The molecule has 7 heteroatoms. The lowest BCUT2D eigenvalue weighted by Crippen LogP contribution is -2.45. The third-order valence-corrected chi connectivity index (χ3v) is 3.64. The van der Waals surface area contributed by atoms with Gasteiger partial charge in [-0.3, -0.25) is 4.79 Å². The van der Waals surface area contributed by atoms with Gasteiger partial charge < -0.3 is 16.2 Å². The molecule has 0 aliphatic carbocycles. The van der Waals surface area contributed by atoms with Crippen molar-refractivity contribution < 1.29 is 18.3 Å².